The molecule has 228 valence electrons. The van der Waals surface area contributed by atoms with Crippen LogP contribution in [0.15, 0.2) is 42.5 Å². The summed E-state index contributed by atoms with van der Waals surface area (Å²) in [6.07, 6.45) is -2.85. The minimum absolute atomic E-state index is 0.0177. The molecule has 4 aromatic rings. The molecule has 0 spiro atoms. The third-order valence-corrected chi connectivity index (χ3v) is 7.28. The minimum atomic E-state index is -2.85. The van der Waals surface area contributed by atoms with Crippen molar-refractivity contribution in [3.05, 3.63) is 74.5 Å². The summed E-state index contributed by atoms with van der Waals surface area (Å²) >= 11 is 19.5. The van der Waals surface area contributed by atoms with Crippen molar-refractivity contribution in [3.8, 4) is 5.75 Å². The summed E-state index contributed by atoms with van der Waals surface area (Å²) < 4.78 is 60.6. The first-order valence-corrected chi connectivity index (χ1v) is 13.6. The van der Waals surface area contributed by atoms with Gasteiger partial charge < -0.3 is 19.7 Å². The molecule has 3 aromatic carbocycles. The molecule has 1 heterocycles. The number of anilines is 3. The van der Waals surface area contributed by atoms with Gasteiger partial charge in [0.2, 0.25) is 5.95 Å². The number of aryl methyl sites for hydroxylation is 1. The number of rotatable bonds is 10. The number of aromatic carboxylic acids is 1. The van der Waals surface area contributed by atoms with Crippen molar-refractivity contribution >= 4 is 75.0 Å². The van der Waals surface area contributed by atoms with Crippen LogP contribution >= 0.6 is 34.8 Å². The van der Waals surface area contributed by atoms with Gasteiger partial charge in [-0.15, -0.1) is 0 Å². The molecular weight excluding hydrogens is 639 g/mol. The van der Waals surface area contributed by atoms with Gasteiger partial charge in [0, 0.05) is 19.7 Å². The molecular formula is C28H23Cl3F4N4O4. The highest BCUT2D eigenvalue weighted by molar-refractivity contribution is 6.40. The normalized spacial score (nSPS) is 11.7. The van der Waals surface area contributed by atoms with Crippen LogP contribution in [-0.2, 0) is 18.4 Å². The molecule has 4 rings (SSSR count). The summed E-state index contributed by atoms with van der Waals surface area (Å²) in [7, 11) is 1.55. The van der Waals surface area contributed by atoms with Crippen LogP contribution in [0.4, 0.5) is 34.9 Å². The van der Waals surface area contributed by atoms with Gasteiger partial charge in [0.05, 0.1) is 37.5 Å². The van der Waals surface area contributed by atoms with E-state index in [-0.39, 0.29) is 55.7 Å². The second kappa shape index (κ2) is 12.5. The monoisotopic (exact) mass is 660 g/mol. The molecule has 0 atom stereocenters. The molecule has 0 saturated carbocycles. The van der Waals surface area contributed by atoms with Crippen LogP contribution in [0.1, 0.15) is 29.8 Å². The first kappa shape index (κ1) is 32.2. The first-order chi connectivity index (χ1) is 20.1. The van der Waals surface area contributed by atoms with E-state index >= 15 is 0 Å². The Bertz CT molecular complexity index is 1730. The molecule has 0 unspecified atom stereocenters. The number of carbonyl (C=O) groups is 2. The van der Waals surface area contributed by atoms with E-state index in [4.69, 9.17) is 39.5 Å². The lowest BCUT2D eigenvalue weighted by Gasteiger charge is -2.27. The van der Waals surface area contributed by atoms with Crippen LogP contribution in [-0.4, -0.2) is 45.2 Å². The number of benzene rings is 3. The Morgan fingerprint density at radius 2 is 1.81 bits per heavy atom. The van der Waals surface area contributed by atoms with Crippen molar-refractivity contribution in [2.45, 2.75) is 32.5 Å². The van der Waals surface area contributed by atoms with Gasteiger partial charge in [0.1, 0.15) is 23.7 Å². The molecule has 1 aromatic heterocycles. The third kappa shape index (κ3) is 6.76. The van der Waals surface area contributed by atoms with Crippen molar-refractivity contribution in [3.63, 3.8) is 0 Å². The average Bonchev–Trinajstić information content (AvgIpc) is 3.24. The number of nitrogens with zero attached hydrogens (tertiary/aromatic N) is 3. The molecule has 0 fully saturated rings. The maximum Gasteiger partial charge on any atom is 0.339 e. The van der Waals surface area contributed by atoms with Gasteiger partial charge in [-0.2, -0.15) is 0 Å². The number of hydrogen-bond donors (Lipinski definition) is 2. The Morgan fingerprint density at radius 3 is 2.42 bits per heavy atom. The van der Waals surface area contributed by atoms with E-state index in [2.05, 4.69) is 10.3 Å². The molecule has 0 aliphatic rings. The lowest BCUT2D eigenvalue weighted by atomic mass is 10.1. The summed E-state index contributed by atoms with van der Waals surface area (Å²) in [5, 5.41) is 12.0. The molecule has 15 heteroatoms. The van der Waals surface area contributed by atoms with Gasteiger partial charge in [0.25, 0.3) is 12.3 Å². The van der Waals surface area contributed by atoms with Gasteiger partial charge in [-0.25, -0.2) is 27.3 Å². The van der Waals surface area contributed by atoms with E-state index in [9.17, 15) is 32.3 Å². The summed E-state index contributed by atoms with van der Waals surface area (Å²) in [5.41, 5.74) is -1.46. The van der Waals surface area contributed by atoms with Gasteiger partial charge in [-0.3, -0.25) is 9.69 Å². The number of nitrogens with one attached hydrogen (secondary N) is 1. The highest BCUT2D eigenvalue weighted by Crippen LogP contribution is 2.45. The Kier molecular flexibility index (Phi) is 9.33. The Labute approximate surface area is 257 Å². The maximum atomic E-state index is 14.2. The maximum absolute atomic E-state index is 14.2. The van der Waals surface area contributed by atoms with Gasteiger partial charge in [0.15, 0.2) is 5.67 Å². The molecule has 0 aliphatic carbocycles. The van der Waals surface area contributed by atoms with E-state index in [0.717, 1.165) is 26.0 Å². The standard InChI is InChI=1S/C28H23Cl3F4N4O4/c1-28(2,35)26(42)36-11-13-4-6-16(29)24(23(13)31)39(14-5-7-18(32)17(30)8-14)27-37-19-9-15(25(40)41)21(43-12-22(33)34)10-20(19)38(27)3/h4-10,22H,11-12H2,1-3H3,(H,36,42)(H,40,41). The zero-order valence-corrected chi connectivity index (χ0v) is 25.0. The Morgan fingerprint density at radius 1 is 1.12 bits per heavy atom. The highest BCUT2D eigenvalue weighted by atomic mass is 35.5. The SMILES string of the molecule is Cn1c(N(c2ccc(F)c(Cl)c2)c2c(Cl)ccc(CNC(=O)C(C)(C)F)c2Cl)nc2cc(C(=O)O)c(OCC(F)F)cc21. The fourth-order valence-electron chi connectivity index (χ4n) is 4.12. The van der Waals surface area contributed by atoms with E-state index in [1.807, 2.05) is 0 Å². The third-order valence-electron chi connectivity index (χ3n) is 6.27. The number of alkyl halides is 3. The van der Waals surface area contributed by atoms with Gasteiger partial charge in [-0.1, -0.05) is 40.9 Å². The number of ether oxygens (including phenoxy) is 1. The van der Waals surface area contributed by atoms with E-state index < -0.39 is 42.0 Å². The number of fused-ring (bicyclic) bond motifs is 1. The van der Waals surface area contributed by atoms with Crippen LogP contribution in [0.3, 0.4) is 0 Å². The molecule has 0 aliphatic heterocycles. The number of hydrogen-bond acceptors (Lipinski definition) is 5. The van der Waals surface area contributed by atoms with E-state index in [0.29, 0.717) is 5.56 Å². The molecule has 0 saturated heterocycles. The molecule has 0 radical (unpaired) electrons. The second-order valence-electron chi connectivity index (χ2n) is 9.77. The molecule has 43 heavy (non-hydrogen) atoms. The van der Waals surface area contributed by atoms with E-state index in [1.54, 1.807) is 7.05 Å². The Balaban J connectivity index is 1.94. The number of amides is 1. The highest BCUT2D eigenvalue weighted by Gasteiger charge is 2.29. The largest absolute Gasteiger partial charge is 0.487 e. The number of aromatic nitrogens is 2. The lowest BCUT2D eigenvalue weighted by molar-refractivity contribution is -0.130. The smallest absolute Gasteiger partial charge is 0.339 e. The lowest BCUT2D eigenvalue weighted by Crippen LogP contribution is -2.38. The van der Waals surface area contributed by atoms with Gasteiger partial charge in [-0.05, 0) is 49.7 Å². The van der Waals surface area contributed by atoms with E-state index in [1.165, 1.54) is 39.8 Å². The number of carboxylic acid groups (broad SMARTS) is 1. The number of halogens is 7. The van der Waals surface area contributed by atoms with Crippen LogP contribution in [0, 0.1) is 5.82 Å². The molecule has 0 bridgehead atoms. The topological polar surface area (TPSA) is 96.7 Å². The second-order valence-corrected chi connectivity index (χ2v) is 11.0. The quantitative estimate of drug-likeness (QED) is 0.168. The molecule has 1 amide bonds. The zero-order valence-electron chi connectivity index (χ0n) is 22.7. The van der Waals surface area contributed by atoms with Crippen LogP contribution < -0.4 is 15.0 Å². The van der Waals surface area contributed by atoms with Crippen molar-refractivity contribution in [2.75, 3.05) is 11.5 Å². The van der Waals surface area contributed by atoms with Crippen molar-refractivity contribution in [2.24, 2.45) is 7.05 Å². The predicted octanol–water partition coefficient (Wildman–Crippen LogP) is 7.85. The van der Waals surface area contributed by atoms with Crippen molar-refractivity contribution in [1.29, 1.82) is 0 Å². The van der Waals surface area contributed by atoms with Crippen LogP contribution in [0.25, 0.3) is 11.0 Å². The summed E-state index contributed by atoms with van der Waals surface area (Å²) in [6.45, 7) is 0.985. The predicted molar refractivity (Wildman–Crippen MR) is 156 cm³/mol. The summed E-state index contributed by atoms with van der Waals surface area (Å²) in [4.78, 5) is 30.0. The number of carbonyl (C=O) groups excluding carboxylic acids is 1. The van der Waals surface area contributed by atoms with Gasteiger partial charge >= 0.3 is 5.97 Å². The number of carboxylic acids is 1. The fraction of sp³-hybridized carbons (Fsp3) is 0.250. The van der Waals surface area contributed by atoms with Crippen LogP contribution in [0.2, 0.25) is 15.1 Å². The Hall–Kier alpha value is -3.74. The van der Waals surface area contributed by atoms with Crippen molar-refractivity contribution in [1.82, 2.24) is 14.9 Å². The fourth-order valence-corrected chi connectivity index (χ4v) is 4.91. The summed E-state index contributed by atoms with van der Waals surface area (Å²) in [6, 6.07) is 9.16. The molecule has 8 nitrogen and oxygen atoms in total. The zero-order chi connectivity index (χ0) is 31.8. The van der Waals surface area contributed by atoms with Crippen LogP contribution in [0.5, 0.6) is 5.75 Å². The minimum Gasteiger partial charge on any atom is -0.487 e. The average molecular weight is 662 g/mol. The van der Waals surface area contributed by atoms with Crippen molar-refractivity contribution < 1.29 is 37.0 Å². The first-order valence-electron chi connectivity index (χ1n) is 12.4. The summed E-state index contributed by atoms with van der Waals surface area (Å²) in [5.74, 6) is -3.26. The number of imidazole rings is 1. The molecule has 2 N–H and O–H groups in total.